The van der Waals surface area contributed by atoms with Crippen LogP contribution in [0.1, 0.15) is 26.2 Å². The molecule has 0 aromatic heterocycles. The van der Waals surface area contributed by atoms with Crippen LogP contribution in [0, 0.1) is 0 Å². The molecular weight excluding hydrogens is 232 g/mol. The first-order valence-electron chi connectivity index (χ1n) is 5.18. The molecule has 2 amide bonds. The number of nitrogens with one attached hydrogen (secondary N) is 1. The number of imide groups is 1. The normalized spacial score (nSPS) is 22.6. The minimum Gasteiger partial charge on any atom is -0.284 e. The monoisotopic (exact) mass is 248 g/mol. The van der Waals surface area contributed by atoms with Crippen molar-refractivity contribution >= 4 is 21.8 Å². The molecule has 0 spiro atoms. The van der Waals surface area contributed by atoms with E-state index in [9.17, 15) is 18.0 Å². The molecule has 0 aromatic rings. The molecule has 1 heterocycles. The summed E-state index contributed by atoms with van der Waals surface area (Å²) in [6.07, 6.45) is 0.928. The van der Waals surface area contributed by atoms with Crippen molar-refractivity contribution in [2.45, 2.75) is 32.2 Å². The number of rotatable bonds is 4. The summed E-state index contributed by atoms with van der Waals surface area (Å²) in [5.41, 5.74) is 0. The number of hydrogen-bond donors (Lipinski definition) is 1. The highest BCUT2D eigenvalue weighted by molar-refractivity contribution is 7.89. The molecule has 0 radical (unpaired) electrons. The van der Waals surface area contributed by atoms with Gasteiger partial charge in [0.25, 0.3) is 0 Å². The molecule has 1 atom stereocenters. The summed E-state index contributed by atoms with van der Waals surface area (Å²) < 4.78 is 25.3. The minimum atomic E-state index is -3.41. The number of sulfonamides is 1. The van der Waals surface area contributed by atoms with Crippen LogP contribution in [0.4, 0.5) is 0 Å². The Bertz CT molecular complexity index is 390. The zero-order chi connectivity index (χ0) is 12.3. The highest BCUT2D eigenvalue weighted by Gasteiger charge is 2.33. The Hall–Kier alpha value is -0.950. The number of amides is 2. The molecule has 1 saturated heterocycles. The third-order valence-electron chi connectivity index (χ3n) is 2.44. The molecule has 0 aliphatic carbocycles. The van der Waals surface area contributed by atoms with Crippen LogP contribution < -0.4 is 4.72 Å². The predicted octanol–water partition coefficient (Wildman–Crippen LogP) is -0.537. The van der Waals surface area contributed by atoms with E-state index in [4.69, 9.17) is 0 Å². The zero-order valence-electron chi connectivity index (χ0n) is 9.39. The van der Waals surface area contributed by atoms with Crippen LogP contribution in [-0.4, -0.2) is 44.0 Å². The van der Waals surface area contributed by atoms with Gasteiger partial charge < -0.3 is 0 Å². The lowest BCUT2D eigenvalue weighted by Gasteiger charge is -2.27. The lowest BCUT2D eigenvalue weighted by Crippen LogP contribution is -2.53. The van der Waals surface area contributed by atoms with E-state index in [1.165, 1.54) is 7.05 Å². The number of hydrogen-bond acceptors (Lipinski definition) is 4. The Balaban J connectivity index is 2.69. The Morgan fingerprint density at radius 2 is 2.06 bits per heavy atom. The molecule has 0 saturated carbocycles. The molecule has 0 bridgehead atoms. The fourth-order valence-corrected chi connectivity index (χ4v) is 2.88. The predicted molar refractivity (Wildman–Crippen MR) is 58.0 cm³/mol. The first kappa shape index (κ1) is 13.1. The maximum atomic E-state index is 11.6. The molecule has 1 unspecified atom stereocenters. The van der Waals surface area contributed by atoms with Crippen molar-refractivity contribution in [1.29, 1.82) is 0 Å². The van der Waals surface area contributed by atoms with Crippen LogP contribution in [0.2, 0.25) is 0 Å². The molecule has 1 aliphatic heterocycles. The third-order valence-corrected chi connectivity index (χ3v) is 4.03. The van der Waals surface area contributed by atoms with Crippen molar-refractivity contribution in [1.82, 2.24) is 9.62 Å². The second-order valence-corrected chi connectivity index (χ2v) is 5.69. The number of carbonyl (C=O) groups excluding carboxylic acids is 2. The van der Waals surface area contributed by atoms with Crippen molar-refractivity contribution in [3.8, 4) is 0 Å². The smallest absolute Gasteiger partial charge is 0.247 e. The number of piperidine rings is 1. The maximum absolute atomic E-state index is 11.6. The average Bonchev–Trinajstić information content (AvgIpc) is 2.19. The highest BCUT2D eigenvalue weighted by atomic mass is 32.2. The Morgan fingerprint density at radius 1 is 1.44 bits per heavy atom. The summed E-state index contributed by atoms with van der Waals surface area (Å²) >= 11 is 0. The van der Waals surface area contributed by atoms with Gasteiger partial charge in [-0.15, -0.1) is 0 Å². The number of carbonyl (C=O) groups is 2. The largest absolute Gasteiger partial charge is 0.284 e. The van der Waals surface area contributed by atoms with Gasteiger partial charge in [-0.1, -0.05) is 6.92 Å². The summed E-state index contributed by atoms with van der Waals surface area (Å²) in [5, 5.41) is 0. The van der Waals surface area contributed by atoms with Gasteiger partial charge in [0.15, 0.2) is 0 Å². The second-order valence-electron chi connectivity index (χ2n) is 3.82. The highest BCUT2D eigenvalue weighted by Crippen LogP contribution is 2.12. The Labute approximate surface area is 95.0 Å². The van der Waals surface area contributed by atoms with Crippen molar-refractivity contribution in [3.63, 3.8) is 0 Å². The van der Waals surface area contributed by atoms with E-state index in [1.807, 2.05) is 0 Å². The Morgan fingerprint density at radius 3 is 2.62 bits per heavy atom. The number of likely N-dealkylation sites (tertiary alicyclic amines) is 1. The summed E-state index contributed by atoms with van der Waals surface area (Å²) in [7, 11) is -2.05. The number of nitrogens with zero attached hydrogens (tertiary/aromatic N) is 1. The minimum absolute atomic E-state index is 0.00552. The third kappa shape index (κ3) is 3.02. The molecule has 1 N–H and O–H groups in total. The van der Waals surface area contributed by atoms with Gasteiger partial charge in [0.2, 0.25) is 21.8 Å². The second kappa shape index (κ2) is 4.92. The molecule has 6 nitrogen and oxygen atoms in total. The van der Waals surface area contributed by atoms with E-state index >= 15 is 0 Å². The van der Waals surface area contributed by atoms with Gasteiger partial charge in [-0.05, 0) is 12.8 Å². The fourth-order valence-electron chi connectivity index (χ4n) is 1.57. The van der Waals surface area contributed by atoms with Gasteiger partial charge in [0.05, 0.1) is 5.75 Å². The van der Waals surface area contributed by atoms with Gasteiger partial charge in [-0.3, -0.25) is 14.5 Å². The van der Waals surface area contributed by atoms with E-state index < -0.39 is 22.0 Å². The van der Waals surface area contributed by atoms with E-state index in [1.54, 1.807) is 6.92 Å². The van der Waals surface area contributed by atoms with Crippen LogP contribution >= 0.6 is 0 Å². The molecule has 1 rings (SSSR count). The molecule has 16 heavy (non-hydrogen) atoms. The van der Waals surface area contributed by atoms with Crippen LogP contribution in [0.5, 0.6) is 0 Å². The summed E-state index contributed by atoms with van der Waals surface area (Å²) in [6.45, 7) is 1.75. The quantitative estimate of drug-likeness (QED) is 0.677. The summed E-state index contributed by atoms with van der Waals surface area (Å²) in [5.74, 6) is -0.749. The van der Waals surface area contributed by atoms with Crippen LogP contribution in [0.25, 0.3) is 0 Å². The lowest BCUT2D eigenvalue weighted by atomic mass is 10.1. The topological polar surface area (TPSA) is 83.6 Å². The van der Waals surface area contributed by atoms with Crippen LogP contribution in [-0.2, 0) is 19.6 Å². The fraction of sp³-hybridized carbons (Fsp3) is 0.778. The molecule has 1 fully saturated rings. The van der Waals surface area contributed by atoms with Crippen molar-refractivity contribution < 1.29 is 18.0 Å². The maximum Gasteiger partial charge on any atom is 0.247 e. The average molecular weight is 248 g/mol. The summed E-state index contributed by atoms with van der Waals surface area (Å²) in [4.78, 5) is 23.7. The van der Waals surface area contributed by atoms with Crippen LogP contribution in [0.15, 0.2) is 0 Å². The first-order chi connectivity index (χ1) is 7.37. The van der Waals surface area contributed by atoms with Crippen molar-refractivity contribution in [2.24, 2.45) is 0 Å². The molecule has 1 aliphatic rings. The number of likely N-dealkylation sites (N-methyl/N-ethyl adjacent to an activating group) is 1. The Kier molecular flexibility index (Phi) is 4.03. The van der Waals surface area contributed by atoms with Crippen LogP contribution in [0.3, 0.4) is 0 Å². The van der Waals surface area contributed by atoms with Gasteiger partial charge >= 0.3 is 0 Å². The SMILES string of the molecule is CCCS(=O)(=O)NC1CCC(=O)N(C)C1=O. The zero-order valence-corrected chi connectivity index (χ0v) is 10.2. The van der Waals surface area contributed by atoms with E-state index in [-0.39, 0.29) is 24.5 Å². The van der Waals surface area contributed by atoms with Crippen molar-refractivity contribution in [3.05, 3.63) is 0 Å². The van der Waals surface area contributed by atoms with Gasteiger partial charge in [0.1, 0.15) is 6.04 Å². The van der Waals surface area contributed by atoms with E-state index in [0.717, 1.165) is 4.90 Å². The molecule has 92 valence electrons. The van der Waals surface area contributed by atoms with Gasteiger partial charge in [-0.2, -0.15) is 0 Å². The van der Waals surface area contributed by atoms with E-state index in [0.29, 0.717) is 6.42 Å². The standard InChI is InChI=1S/C9H16N2O4S/c1-3-6-16(14,15)10-7-4-5-8(12)11(2)9(7)13/h7,10H,3-6H2,1-2H3. The van der Waals surface area contributed by atoms with Gasteiger partial charge in [-0.25, -0.2) is 13.1 Å². The lowest BCUT2D eigenvalue weighted by molar-refractivity contribution is -0.147. The van der Waals surface area contributed by atoms with Crippen molar-refractivity contribution in [2.75, 3.05) is 12.8 Å². The molecule has 0 aromatic carbocycles. The summed E-state index contributed by atoms with van der Waals surface area (Å²) in [6, 6.07) is -0.792. The van der Waals surface area contributed by atoms with E-state index in [2.05, 4.69) is 4.72 Å². The molecule has 7 heteroatoms. The van der Waals surface area contributed by atoms with Gasteiger partial charge in [0, 0.05) is 13.5 Å². The molecular formula is C9H16N2O4S. The first-order valence-corrected chi connectivity index (χ1v) is 6.83.